The fourth-order valence-electron chi connectivity index (χ4n) is 3.10. The molecule has 1 spiro atoms. The SMILES string of the molecule is O=C1CC2(CCN(C(=O)c3ccc(Br)c(F)c3)CC2)CN1. The van der Waals surface area contributed by atoms with Crippen molar-refractivity contribution in [2.45, 2.75) is 19.3 Å². The van der Waals surface area contributed by atoms with Gasteiger partial charge in [0.2, 0.25) is 5.91 Å². The van der Waals surface area contributed by atoms with Gasteiger partial charge in [0, 0.05) is 31.6 Å². The van der Waals surface area contributed by atoms with Gasteiger partial charge >= 0.3 is 0 Å². The van der Waals surface area contributed by atoms with Crippen LogP contribution in [0.3, 0.4) is 0 Å². The number of carbonyl (C=O) groups excluding carboxylic acids is 2. The molecule has 2 fully saturated rings. The average Bonchev–Trinajstić information content (AvgIpc) is 2.83. The average molecular weight is 355 g/mol. The molecular weight excluding hydrogens is 339 g/mol. The summed E-state index contributed by atoms with van der Waals surface area (Å²) in [5.74, 6) is -0.474. The van der Waals surface area contributed by atoms with E-state index < -0.39 is 5.82 Å². The highest BCUT2D eigenvalue weighted by Gasteiger charge is 2.41. The Kier molecular flexibility index (Phi) is 3.73. The molecule has 1 N–H and O–H groups in total. The molecule has 2 aliphatic rings. The van der Waals surface area contributed by atoms with Gasteiger partial charge in [-0.1, -0.05) is 0 Å². The van der Waals surface area contributed by atoms with E-state index in [1.165, 1.54) is 6.07 Å². The van der Waals surface area contributed by atoms with Gasteiger partial charge in [0.05, 0.1) is 4.47 Å². The molecular formula is C15H16BrFN2O2. The second-order valence-electron chi connectivity index (χ2n) is 5.87. The van der Waals surface area contributed by atoms with Gasteiger partial charge in [-0.05, 0) is 52.4 Å². The molecule has 2 amide bonds. The summed E-state index contributed by atoms with van der Waals surface area (Å²) in [6.07, 6.45) is 2.19. The topological polar surface area (TPSA) is 49.4 Å². The van der Waals surface area contributed by atoms with Gasteiger partial charge in [-0.2, -0.15) is 0 Å². The van der Waals surface area contributed by atoms with Gasteiger partial charge in [-0.3, -0.25) is 9.59 Å². The quantitative estimate of drug-likeness (QED) is 0.841. The van der Waals surface area contributed by atoms with Gasteiger partial charge in [0.25, 0.3) is 5.91 Å². The van der Waals surface area contributed by atoms with Crippen LogP contribution in [0.15, 0.2) is 22.7 Å². The third kappa shape index (κ3) is 2.81. The van der Waals surface area contributed by atoms with Gasteiger partial charge in [0.15, 0.2) is 0 Å². The van der Waals surface area contributed by atoms with Crippen LogP contribution in [0.5, 0.6) is 0 Å². The van der Waals surface area contributed by atoms with Crippen LogP contribution in [0.25, 0.3) is 0 Å². The normalized spacial score (nSPS) is 20.7. The van der Waals surface area contributed by atoms with Gasteiger partial charge < -0.3 is 10.2 Å². The lowest BCUT2D eigenvalue weighted by Crippen LogP contribution is -2.44. The molecule has 2 aliphatic heterocycles. The second kappa shape index (κ2) is 5.40. The predicted molar refractivity (Wildman–Crippen MR) is 79.3 cm³/mol. The van der Waals surface area contributed by atoms with Crippen LogP contribution in [0.1, 0.15) is 29.6 Å². The number of halogens is 2. The number of amides is 2. The second-order valence-corrected chi connectivity index (χ2v) is 6.73. The molecule has 4 nitrogen and oxygen atoms in total. The Hall–Kier alpha value is -1.43. The number of hydrogen-bond donors (Lipinski definition) is 1. The van der Waals surface area contributed by atoms with E-state index in [1.54, 1.807) is 17.0 Å². The zero-order valence-electron chi connectivity index (χ0n) is 11.5. The van der Waals surface area contributed by atoms with Gasteiger partial charge in [0.1, 0.15) is 5.82 Å². The van der Waals surface area contributed by atoms with Crippen molar-refractivity contribution in [1.29, 1.82) is 0 Å². The first kappa shape index (κ1) is 14.5. The minimum absolute atomic E-state index is 0.0127. The van der Waals surface area contributed by atoms with E-state index in [4.69, 9.17) is 0 Å². The first-order chi connectivity index (χ1) is 9.99. The van der Waals surface area contributed by atoms with Crippen molar-refractivity contribution in [2.75, 3.05) is 19.6 Å². The van der Waals surface area contributed by atoms with Crippen molar-refractivity contribution in [2.24, 2.45) is 5.41 Å². The summed E-state index contributed by atoms with van der Waals surface area (Å²) < 4.78 is 13.9. The lowest BCUT2D eigenvalue weighted by Gasteiger charge is -2.38. The fourth-order valence-corrected chi connectivity index (χ4v) is 3.35. The van der Waals surface area contributed by atoms with E-state index in [-0.39, 0.29) is 17.2 Å². The lowest BCUT2D eigenvalue weighted by molar-refractivity contribution is -0.119. The van der Waals surface area contributed by atoms with Crippen LogP contribution >= 0.6 is 15.9 Å². The van der Waals surface area contributed by atoms with Crippen molar-refractivity contribution >= 4 is 27.7 Å². The molecule has 112 valence electrons. The maximum Gasteiger partial charge on any atom is 0.253 e. The number of benzene rings is 1. The molecule has 0 atom stereocenters. The predicted octanol–water partition coefficient (Wildman–Crippen LogP) is 2.33. The number of rotatable bonds is 1. The van der Waals surface area contributed by atoms with Crippen LogP contribution < -0.4 is 5.32 Å². The smallest absolute Gasteiger partial charge is 0.253 e. The summed E-state index contributed by atoms with van der Waals surface area (Å²) in [5.41, 5.74) is 0.381. The van der Waals surface area contributed by atoms with Crippen LogP contribution in [0.2, 0.25) is 0 Å². The Bertz CT molecular complexity index is 597. The molecule has 0 aromatic heterocycles. The highest BCUT2D eigenvalue weighted by molar-refractivity contribution is 9.10. The number of hydrogen-bond acceptors (Lipinski definition) is 2. The Morgan fingerprint density at radius 2 is 2.05 bits per heavy atom. The zero-order chi connectivity index (χ0) is 15.0. The lowest BCUT2D eigenvalue weighted by atomic mass is 9.77. The molecule has 1 aromatic carbocycles. The molecule has 0 radical (unpaired) electrons. The molecule has 0 unspecified atom stereocenters. The summed E-state index contributed by atoms with van der Waals surface area (Å²) in [6, 6.07) is 4.44. The summed E-state index contributed by atoms with van der Waals surface area (Å²) in [6.45, 7) is 1.94. The molecule has 0 bridgehead atoms. The van der Waals surface area contributed by atoms with Crippen LogP contribution in [-0.2, 0) is 4.79 Å². The van der Waals surface area contributed by atoms with Gasteiger partial charge in [-0.15, -0.1) is 0 Å². The minimum atomic E-state index is -0.431. The Labute approximate surface area is 130 Å². The number of carbonyl (C=O) groups is 2. The number of nitrogens with one attached hydrogen (secondary N) is 1. The first-order valence-electron chi connectivity index (χ1n) is 7.00. The number of piperidine rings is 1. The third-order valence-corrected chi connectivity index (χ3v) is 5.12. The minimum Gasteiger partial charge on any atom is -0.356 e. The molecule has 21 heavy (non-hydrogen) atoms. The van der Waals surface area contributed by atoms with Crippen molar-refractivity contribution in [1.82, 2.24) is 10.2 Å². The highest BCUT2D eigenvalue weighted by Crippen LogP contribution is 2.37. The van der Waals surface area contributed by atoms with E-state index in [2.05, 4.69) is 21.2 Å². The standard InChI is InChI=1S/C15H16BrFN2O2/c16-11-2-1-10(7-12(11)17)14(21)19-5-3-15(4-6-19)8-13(20)18-9-15/h1-2,7H,3-6,8-9H2,(H,18,20). The maximum absolute atomic E-state index is 13.5. The third-order valence-electron chi connectivity index (χ3n) is 4.47. The van der Waals surface area contributed by atoms with E-state index in [9.17, 15) is 14.0 Å². The van der Waals surface area contributed by atoms with Crippen molar-refractivity contribution < 1.29 is 14.0 Å². The van der Waals surface area contributed by atoms with Crippen LogP contribution in [-0.4, -0.2) is 36.3 Å². The largest absolute Gasteiger partial charge is 0.356 e. The Morgan fingerprint density at radius 1 is 1.33 bits per heavy atom. The summed E-state index contributed by atoms with van der Waals surface area (Å²) in [7, 11) is 0. The molecule has 2 saturated heterocycles. The van der Waals surface area contributed by atoms with Crippen molar-refractivity contribution in [3.8, 4) is 0 Å². The van der Waals surface area contributed by atoms with E-state index in [0.29, 0.717) is 36.1 Å². The Balaban J connectivity index is 1.67. The highest BCUT2D eigenvalue weighted by atomic mass is 79.9. The molecule has 6 heteroatoms. The first-order valence-corrected chi connectivity index (χ1v) is 7.79. The molecule has 2 heterocycles. The maximum atomic E-state index is 13.5. The summed E-state index contributed by atoms with van der Waals surface area (Å²) in [4.78, 5) is 25.5. The van der Waals surface area contributed by atoms with E-state index in [1.807, 2.05) is 0 Å². The number of nitrogens with zero attached hydrogens (tertiary/aromatic N) is 1. The monoisotopic (exact) mass is 354 g/mol. The Morgan fingerprint density at radius 3 is 2.62 bits per heavy atom. The van der Waals surface area contributed by atoms with Crippen molar-refractivity contribution in [3.05, 3.63) is 34.1 Å². The number of likely N-dealkylation sites (tertiary alicyclic amines) is 1. The molecule has 3 rings (SSSR count). The van der Waals surface area contributed by atoms with Crippen LogP contribution in [0.4, 0.5) is 4.39 Å². The molecule has 0 saturated carbocycles. The van der Waals surface area contributed by atoms with Gasteiger partial charge in [-0.25, -0.2) is 4.39 Å². The van der Waals surface area contributed by atoms with E-state index >= 15 is 0 Å². The molecule has 1 aromatic rings. The molecule has 0 aliphatic carbocycles. The van der Waals surface area contributed by atoms with Crippen molar-refractivity contribution in [3.63, 3.8) is 0 Å². The summed E-state index contributed by atoms with van der Waals surface area (Å²) >= 11 is 3.08. The van der Waals surface area contributed by atoms with Crippen LogP contribution in [0, 0.1) is 11.2 Å². The van der Waals surface area contributed by atoms with E-state index in [0.717, 1.165) is 12.8 Å². The summed E-state index contributed by atoms with van der Waals surface area (Å²) in [5, 5.41) is 2.87. The fraction of sp³-hybridized carbons (Fsp3) is 0.467. The zero-order valence-corrected chi connectivity index (χ0v) is 13.1.